The zero-order chi connectivity index (χ0) is 17.6. The smallest absolute Gasteiger partial charge is 0.363 e. The lowest BCUT2D eigenvalue weighted by Gasteiger charge is -2.05. The summed E-state index contributed by atoms with van der Waals surface area (Å²) in [4.78, 5) is 16.2. The van der Waals surface area contributed by atoms with Gasteiger partial charge in [0.05, 0.1) is 6.61 Å². The summed E-state index contributed by atoms with van der Waals surface area (Å²) >= 11 is 0. The number of ether oxygens (including phenoxy) is 2. The summed E-state index contributed by atoms with van der Waals surface area (Å²) in [6.07, 6.45) is 3.74. The first kappa shape index (κ1) is 16.9. The van der Waals surface area contributed by atoms with E-state index in [1.54, 1.807) is 6.08 Å². The highest BCUT2D eigenvalue weighted by atomic mass is 19.1. The zero-order valence-corrected chi connectivity index (χ0v) is 13.9. The predicted octanol–water partition coefficient (Wildman–Crippen LogP) is 4.35. The minimum absolute atomic E-state index is 0.177. The number of carbonyl (C=O) groups is 1. The number of rotatable bonds is 6. The van der Waals surface area contributed by atoms with Crippen LogP contribution in [0.25, 0.3) is 6.08 Å². The van der Waals surface area contributed by atoms with Gasteiger partial charge in [-0.1, -0.05) is 25.5 Å². The molecule has 1 heterocycles. The number of halogens is 1. The van der Waals surface area contributed by atoms with Gasteiger partial charge in [-0.2, -0.15) is 0 Å². The number of carbonyl (C=O) groups excluding carboxylic acids is 1. The normalized spacial score (nSPS) is 15.2. The highest BCUT2D eigenvalue weighted by Gasteiger charge is 2.24. The van der Waals surface area contributed by atoms with E-state index >= 15 is 0 Å². The number of esters is 1. The van der Waals surface area contributed by atoms with Gasteiger partial charge in [0.25, 0.3) is 0 Å². The quantitative estimate of drug-likeness (QED) is 0.447. The second-order valence-corrected chi connectivity index (χ2v) is 5.61. The van der Waals surface area contributed by atoms with Crippen LogP contribution in [0.15, 0.2) is 59.2 Å². The van der Waals surface area contributed by atoms with Gasteiger partial charge in [-0.05, 0) is 54.5 Å². The third-order valence-corrected chi connectivity index (χ3v) is 3.66. The minimum atomic E-state index is -0.525. The number of nitrogens with zero attached hydrogens (tertiary/aromatic N) is 1. The van der Waals surface area contributed by atoms with Crippen molar-refractivity contribution >= 4 is 17.9 Å². The lowest BCUT2D eigenvalue weighted by atomic mass is 10.2. The van der Waals surface area contributed by atoms with Crippen molar-refractivity contribution in [2.45, 2.75) is 19.8 Å². The Morgan fingerprint density at radius 1 is 1.12 bits per heavy atom. The molecule has 0 aliphatic carbocycles. The topological polar surface area (TPSA) is 47.9 Å². The summed E-state index contributed by atoms with van der Waals surface area (Å²) < 4.78 is 23.7. The highest BCUT2D eigenvalue weighted by molar-refractivity contribution is 6.12. The first-order chi connectivity index (χ1) is 12.2. The lowest BCUT2D eigenvalue weighted by molar-refractivity contribution is -0.129. The van der Waals surface area contributed by atoms with Crippen LogP contribution in [0.3, 0.4) is 0 Å². The number of benzene rings is 2. The highest BCUT2D eigenvalue weighted by Crippen LogP contribution is 2.21. The van der Waals surface area contributed by atoms with Gasteiger partial charge in [0, 0.05) is 5.56 Å². The van der Waals surface area contributed by atoms with Crippen molar-refractivity contribution in [1.82, 2.24) is 0 Å². The van der Waals surface area contributed by atoms with Crippen molar-refractivity contribution in [2.75, 3.05) is 6.61 Å². The fourth-order valence-electron chi connectivity index (χ4n) is 2.28. The molecule has 5 heteroatoms. The van der Waals surface area contributed by atoms with E-state index < -0.39 is 5.97 Å². The number of unbranched alkanes of at least 4 members (excludes halogenated alkanes) is 1. The fourth-order valence-corrected chi connectivity index (χ4v) is 2.28. The van der Waals surface area contributed by atoms with Crippen molar-refractivity contribution in [3.8, 4) is 5.75 Å². The van der Waals surface area contributed by atoms with E-state index in [4.69, 9.17) is 9.47 Å². The van der Waals surface area contributed by atoms with E-state index in [0.29, 0.717) is 12.2 Å². The van der Waals surface area contributed by atoms with E-state index in [2.05, 4.69) is 11.9 Å². The van der Waals surface area contributed by atoms with Crippen molar-refractivity contribution in [2.24, 2.45) is 4.99 Å². The Morgan fingerprint density at radius 3 is 2.52 bits per heavy atom. The van der Waals surface area contributed by atoms with Gasteiger partial charge in [-0.3, -0.25) is 0 Å². The Labute approximate surface area is 145 Å². The molecular weight excluding hydrogens is 321 g/mol. The summed E-state index contributed by atoms with van der Waals surface area (Å²) in [5.41, 5.74) is 1.58. The first-order valence-corrected chi connectivity index (χ1v) is 8.17. The molecule has 0 bridgehead atoms. The molecule has 25 heavy (non-hydrogen) atoms. The molecule has 1 aliphatic rings. The van der Waals surface area contributed by atoms with Crippen molar-refractivity contribution in [3.05, 3.63) is 71.2 Å². The molecule has 0 N–H and O–H groups in total. The van der Waals surface area contributed by atoms with Crippen LogP contribution in [0.1, 0.15) is 30.9 Å². The summed E-state index contributed by atoms with van der Waals surface area (Å²) in [5.74, 6) is 0.0872. The second kappa shape index (κ2) is 7.75. The largest absolute Gasteiger partial charge is 0.494 e. The maximum Gasteiger partial charge on any atom is 0.363 e. The molecule has 0 aromatic heterocycles. The Bertz CT molecular complexity index is 808. The average molecular weight is 339 g/mol. The molecule has 0 unspecified atom stereocenters. The van der Waals surface area contributed by atoms with Crippen molar-refractivity contribution in [3.63, 3.8) is 0 Å². The molecule has 0 spiro atoms. The Balaban J connectivity index is 1.74. The van der Waals surface area contributed by atoms with Gasteiger partial charge in [0.1, 0.15) is 11.6 Å². The molecule has 2 aromatic rings. The van der Waals surface area contributed by atoms with E-state index in [-0.39, 0.29) is 17.4 Å². The number of hydrogen-bond acceptors (Lipinski definition) is 4. The van der Waals surface area contributed by atoms with Gasteiger partial charge >= 0.3 is 5.97 Å². The third-order valence-electron chi connectivity index (χ3n) is 3.66. The van der Waals surface area contributed by atoms with Gasteiger partial charge in [0.15, 0.2) is 5.70 Å². The van der Waals surface area contributed by atoms with Gasteiger partial charge in [0.2, 0.25) is 5.90 Å². The standard InChI is InChI=1S/C20H18FNO3/c1-2-3-12-24-17-10-4-14(5-11-17)13-18-20(23)25-19(22-18)15-6-8-16(21)9-7-15/h4-11,13H,2-3,12H2,1H3. The third kappa shape index (κ3) is 4.32. The molecule has 0 fully saturated rings. The van der Waals surface area contributed by atoms with E-state index in [9.17, 15) is 9.18 Å². The lowest BCUT2D eigenvalue weighted by Crippen LogP contribution is -2.05. The van der Waals surface area contributed by atoms with Gasteiger partial charge in [-0.25, -0.2) is 14.2 Å². The van der Waals surface area contributed by atoms with E-state index in [0.717, 1.165) is 24.2 Å². The SMILES string of the molecule is CCCCOc1ccc(C=C2N=C(c3ccc(F)cc3)OC2=O)cc1. The van der Waals surface area contributed by atoms with Crippen LogP contribution in [-0.4, -0.2) is 18.5 Å². The van der Waals surface area contributed by atoms with Crippen LogP contribution in [0.5, 0.6) is 5.75 Å². The van der Waals surface area contributed by atoms with Crippen LogP contribution in [0.4, 0.5) is 4.39 Å². The number of hydrogen-bond donors (Lipinski definition) is 0. The predicted molar refractivity (Wildman–Crippen MR) is 93.9 cm³/mol. The number of aliphatic imine (C=N–C) groups is 1. The van der Waals surface area contributed by atoms with Crippen molar-refractivity contribution in [1.29, 1.82) is 0 Å². The van der Waals surface area contributed by atoms with Gasteiger partial charge < -0.3 is 9.47 Å². The van der Waals surface area contributed by atoms with Crippen LogP contribution < -0.4 is 4.74 Å². The molecule has 0 amide bonds. The average Bonchev–Trinajstić information content (AvgIpc) is 2.98. The van der Waals surface area contributed by atoms with Crippen molar-refractivity contribution < 1.29 is 18.7 Å². The van der Waals surface area contributed by atoms with E-state index in [1.165, 1.54) is 24.3 Å². The summed E-state index contributed by atoms with van der Waals surface area (Å²) in [5, 5.41) is 0. The zero-order valence-electron chi connectivity index (χ0n) is 13.9. The first-order valence-electron chi connectivity index (χ1n) is 8.17. The van der Waals surface area contributed by atoms with Crippen LogP contribution >= 0.6 is 0 Å². The molecule has 0 saturated carbocycles. The molecule has 1 aliphatic heterocycles. The van der Waals surface area contributed by atoms with Crippen LogP contribution in [0.2, 0.25) is 0 Å². The summed E-state index contributed by atoms with van der Waals surface area (Å²) in [6, 6.07) is 13.1. The number of cyclic esters (lactones) is 1. The molecule has 2 aromatic carbocycles. The van der Waals surface area contributed by atoms with Crippen LogP contribution in [-0.2, 0) is 9.53 Å². The maximum absolute atomic E-state index is 13.0. The van der Waals surface area contributed by atoms with Crippen LogP contribution in [0, 0.1) is 5.82 Å². The Kier molecular flexibility index (Phi) is 5.23. The Morgan fingerprint density at radius 2 is 1.84 bits per heavy atom. The molecule has 0 saturated heterocycles. The summed E-state index contributed by atoms with van der Waals surface area (Å²) in [7, 11) is 0. The minimum Gasteiger partial charge on any atom is -0.494 e. The molecule has 0 atom stereocenters. The monoisotopic (exact) mass is 339 g/mol. The molecular formula is C20H18FNO3. The second-order valence-electron chi connectivity index (χ2n) is 5.61. The molecule has 0 radical (unpaired) electrons. The summed E-state index contributed by atoms with van der Waals surface area (Å²) in [6.45, 7) is 2.80. The molecule has 3 rings (SSSR count). The molecule has 4 nitrogen and oxygen atoms in total. The molecule has 128 valence electrons. The van der Waals surface area contributed by atoms with Gasteiger partial charge in [-0.15, -0.1) is 0 Å². The maximum atomic E-state index is 13.0. The van der Waals surface area contributed by atoms with E-state index in [1.807, 2.05) is 24.3 Å². The Hall–Kier alpha value is -2.95. The fraction of sp³-hybridized carbons (Fsp3) is 0.200.